The highest BCUT2D eigenvalue weighted by Crippen LogP contribution is 2.32. The van der Waals surface area contributed by atoms with Gasteiger partial charge in [0, 0.05) is 12.4 Å². The summed E-state index contributed by atoms with van der Waals surface area (Å²) in [6.45, 7) is 1.89. The second-order valence-corrected chi connectivity index (χ2v) is 5.66. The molecule has 1 aromatic heterocycles. The van der Waals surface area contributed by atoms with E-state index in [2.05, 4.69) is 10.3 Å². The molecule has 22 heavy (non-hydrogen) atoms. The Kier molecular flexibility index (Phi) is 3.81. The lowest BCUT2D eigenvalue weighted by Crippen LogP contribution is -2.23. The molecular formula is C16H13Cl2N3O. The molecule has 6 heteroatoms. The number of nitrogens with one attached hydrogen (secondary N) is 1. The Balaban J connectivity index is 2.55. The Morgan fingerprint density at radius 1 is 1.14 bits per heavy atom. The molecule has 1 N–H and O–H groups in total. The van der Waals surface area contributed by atoms with E-state index < -0.39 is 5.69 Å². The van der Waals surface area contributed by atoms with Crippen LogP contribution in [0, 0.1) is 6.92 Å². The van der Waals surface area contributed by atoms with Gasteiger partial charge < -0.3 is 5.32 Å². The van der Waals surface area contributed by atoms with Gasteiger partial charge in [0.25, 0.3) is 0 Å². The topological polar surface area (TPSA) is 46.9 Å². The van der Waals surface area contributed by atoms with Crippen LogP contribution in [0.1, 0.15) is 5.56 Å². The number of aromatic nitrogens is 2. The van der Waals surface area contributed by atoms with Crippen LogP contribution in [0.5, 0.6) is 0 Å². The summed E-state index contributed by atoms with van der Waals surface area (Å²) >= 11 is 12.7. The fraction of sp³-hybridized carbons (Fsp3) is 0.125. The van der Waals surface area contributed by atoms with Crippen molar-refractivity contribution in [3.8, 4) is 5.69 Å². The van der Waals surface area contributed by atoms with E-state index >= 15 is 0 Å². The highest BCUT2D eigenvalue weighted by molar-refractivity contribution is 6.36. The van der Waals surface area contributed by atoms with Crippen LogP contribution in [0.2, 0.25) is 10.0 Å². The average Bonchev–Trinajstić information content (AvgIpc) is 2.51. The molecule has 1 heterocycles. The molecule has 0 fully saturated rings. The summed E-state index contributed by atoms with van der Waals surface area (Å²) < 4.78 is 1.45. The molecule has 0 saturated heterocycles. The van der Waals surface area contributed by atoms with Gasteiger partial charge in [0.05, 0.1) is 21.2 Å². The van der Waals surface area contributed by atoms with Crippen LogP contribution in [0.15, 0.2) is 41.2 Å². The number of hydrogen-bond donors (Lipinski definition) is 1. The van der Waals surface area contributed by atoms with Gasteiger partial charge in [0.1, 0.15) is 5.82 Å². The normalized spacial score (nSPS) is 10.9. The molecular weight excluding hydrogens is 321 g/mol. The molecule has 4 nitrogen and oxygen atoms in total. The molecule has 2 aromatic carbocycles. The summed E-state index contributed by atoms with van der Waals surface area (Å²) in [4.78, 5) is 16.6. The van der Waals surface area contributed by atoms with Gasteiger partial charge in [0.2, 0.25) is 0 Å². The fourth-order valence-electron chi connectivity index (χ4n) is 2.42. The Hall–Kier alpha value is -2.04. The zero-order valence-corrected chi connectivity index (χ0v) is 13.5. The lowest BCUT2D eigenvalue weighted by atomic mass is 10.1. The van der Waals surface area contributed by atoms with Crippen LogP contribution in [0.4, 0.5) is 5.82 Å². The molecule has 0 radical (unpaired) electrons. The maximum Gasteiger partial charge on any atom is 0.354 e. The van der Waals surface area contributed by atoms with Crippen molar-refractivity contribution in [2.24, 2.45) is 0 Å². The molecule has 0 atom stereocenters. The largest absolute Gasteiger partial charge is 0.372 e. The van der Waals surface area contributed by atoms with Gasteiger partial charge in [-0.2, -0.15) is 4.98 Å². The minimum atomic E-state index is -0.433. The van der Waals surface area contributed by atoms with Crippen LogP contribution < -0.4 is 11.0 Å². The quantitative estimate of drug-likeness (QED) is 0.769. The van der Waals surface area contributed by atoms with Crippen molar-refractivity contribution in [2.45, 2.75) is 6.92 Å². The smallest absolute Gasteiger partial charge is 0.354 e. The number of fused-ring (bicyclic) bond motifs is 1. The molecule has 0 spiro atoms. The zero-order valence-electron chi connectivity index (χ0n) is 12.0. The predicted molar refractivity (Wildman–Crippen MR) is 91.6 cm³/mol. The third kappa shape index (κ3) is 2.25. The molecule has 0 aliphatic rings. The number of hydrogen-bond acceptors (Lipinski definition) is 3. The first kappa shape index (κ1) is 14.9. The summed E-state index contributed by atoms with van der Waals surface area (Å²) in [7, 11) is 1.72. The minimum absolute atomic E-state index is 0.433. The standard InChI is InChI=1S/C16H13Cl2N3O/c1-9-7-8-10-14(13(9)18)21(16(22)20-15(10)19-2)12-6-4-3-5-11(12)17/h3-8H,1-2H3,(H,19,20,22). The molecule has 112 valence electrons. The van der Waals surface area contributed by atoms with Gasteiger partial charge in [-0.1, -0.05) is 41.4 Å². The third-order valence-electron chi connectivity index (χ3n) is 3.52. The number of rotatable bonds is 2. The molecule has 0 saturated carbocycles. The van der Waals surface area contributed by atoms with Gasteiger partial charge in [-0.05, 0) is 30.7 Å². The summed E-state index contributed by atoms with van der Waals surface area (Å²) in [6, 6.07) is 10.9. The Bertz CT molecular complexity index is 935. The molecule has 0 amide bonds. The van der Waals surface area contributed by atoms with Crippen LogP contribution in [-0.2, 0) is 0 Å². The molecule has 0 unspecified atom stereocenters. The first-order valence-corrected chi connectivity index (χ1v) is 7.44. The number of aryl methyl sites for hydroxylation is 1. The first-order valence-electron chi connectivity index (χ1n) is 6.69. The lowest BCUT2D eigenvalue weighted by Gasteiger charge is -2.15. The van der Waals surface area contributed by atoms with Crippen molar-refractivity contribution in [3.63, 3.8) is 0 Å². The number of anilines is 1. The van der Waals surface area contributed by atoms with Crippen molar-refractivity contribution >= 4 is 39.9 Å². The number of halogens is 2. The zero-order chi connectivity index (χ0) is 15.9. The predicted octanol–water partition coefficient (Wildman–Crippen LogP) is 4.04. The number of para-hydroxylation sites is 1. The van der Waals surface area contributed by atoms with Gasteiger partial charge in [-0.25, -0.2) is 4.79 Å². The first-order chi connectivity index (χ1) is 10.5. The van der Waals surface area contributed by atoms with E-state index in [1.807, 2.05) is 25.1 Å². The maximum atomic E-state index is 12.5. The third-order valence-corrected chi connectivity index (χ3v) is 4.31. The van der Waals surface area contributed by atoms with Crippen molar-refractivity contribution in [1.82, 2.24) is 9.55 Å². The SMILES string of the molecule is CNc1nc(=O)n(-c2ccccc2Cl)c2c(Cl)c(C)ccc12. The van der Waals surface area contributed by atoms with E-state index in [0.717, 1.165) is 10.9 Å². The second kappa shape index (κ2) is 5.63. The molecule has 0 aliphatic carbocycles. The summed E-state index contributed by atoms with van der Waals surface area (Å²) in [5.41, 5.74) is 1.60. The number of benzene rings is 2. The van der Waals surface area contributed by atoms with E-state index in [1.165, 1.54) is 4.57 Å². The number of nitrogens with zero attached hydrogens (tertiary/aromatic N) is 2. The van der Waals surface area contributed by atoms with Gasteiger partial charge in [-0.3, -0.25) is 4.57 Å². The van der Waals surface area contributed by atoms with E-state index in [9.17, 15) is 4.79 Å². The summed E-state index contributed by atoms with van der Waals surface area (Å²) in [5.74, 6) is 0.491. The van der Waals surface area contributed by atoms with Gasteiger partial charge >= 0.3 is 5.69 Å². The van der Waals surface area contributed by atoms with Gasteiger partial charge in [0.15, 0.2) is 0 Å². The van der Waals surface area contributed by atoms with E-state index in [4.69, 9.17) is 23.2 Å². The molecule has 3 rings (SSSR count). The van der Waals surface area contributed by atoms with Crippen molar-refractivity contribution in [1.29, 1.82) is 0 Å². The highest BCUT2D eigenvalue weighted by Gasteiger charge is 2.16. The Morgan fingerprint density at radius 2 is 1.86 bits per heavy atom. The molecule has 3 aromatic rings. The minimum Gasteiger partial charge on any atom is -0.372 e. The fourth-order valence-corrected chi connectivity index (χ4v) is 2.89. The Labute approximate surface area is 137 Å². The van der Waals surface area contributed by atoms with Crippen molar-refractivity contribution in [2.75, 3.05) is 12.4 Å². The summed E-state index contributed by atoms with van der Waals surface area (Å²) in [6.07, 6.45) is 0. The van der Waals surface area contributed by atoms with E-state index in [1.54, 1.807) is 25.2 Å². The summed E-state index contributed by atoms with van der Waals surface area (Å²) in [5, 5.41) is 4.66. The maximum absolute atomic E-state index is 12.5. The monoisotopic (exact) mass is 333 g/mol. The van der Waals surface area contributed by atoms with Crippen molar-refractivity contribution < 1.29 is 0 Å². The highest BCUT2D eigenvalue weighted by atomic mass is 35.5. The molecule has 0 aliphatic heterocycles. The molecule has 0 bridgehead atoms. The Morgan fingerprint density at radius 3 is 2.55 bits per heavy atom. The van der Waals surface area contributed by atoms with Crippen LogP contribution in [0.3, 0.4) is 0 Å². The average molecular weight is 334 g/mol. The van der Waals surface area contributed by atoms with E-state index in [-0.39, 0.29) is 0 Å². The van der Waals surface area contributed by atoms with Crippen LogP contribution in [-0.4, -0.2) is 16.6 Å². The van der Waals surface area contributed by atoms with Gasteiger partial charge in [-0.15, -0.1) is 0 Å². The van der Waals surface area contributed by atoms with Crippen LogP contribution in [0.25, 0.3) is 16.6 Å². The second-order valence-electron chi connectivity index (χ2n) is 4.87. The van der Waals surface area contributed by atoms with E-state index in [0.29, 0.717) is 27.1 Å². The van der Waals surface area contributed by atoms with Crippen LogP contribution >= 0.6 is 23.2 Å². The van der Waals surface area contributed by atoms with Crippen molar-refractivity contribution in [3.05, 3.63) is 62.5 Å². The lowest BCUT2D eigenvalue weighted by molar-refractivity contribution is 0.960.